The number of anilines is 1. The molecule has 14 heteroatoms. The highest BCUT2D eigenvalue weighted by Crippen LogP contribution is 2.56. The molecule has 2 aliphatic carbocycles. The van der Waals surface area contributed by atoms with Crippen LogP contribution in [0.25, 0.3) is 33.1 Å². The maximum absolute atomic E-state index is 17.2. The Morgan fingerprint density at radius 1 is 1.08 bits per heavy atom. The molecule has 0 bridgehead atoms. The van der Waals surface area contributed by atoms with Crippen molar-refractivity contribution in [3.8, 4) is 23.1 Å². The first-order valence-electron chi connectivity index (χ1n) is 18.8. The van der Waals surface area contributed by atoms with Crippen LogP contribution >= 0.6 is 11.6 Å². The van der Waals surface area contributed by atoms with Gasteiger partial charge in [0.25, 0.3) is 0 Å². The van der Waals surface area contributed by atoms with Crippen LogP contribution in [0.1, 0.15) is 63.4 Å². The van der Waals surface area contributed by atoms with E-state index in [0.717, 1.165) is 51.9 Å². The first kappa shape index (κ1) is 34.4. The highest BCUT2D eigenvalue weighted by Gasteiger charge is 2.55. The van der Waals surface area contributed by atoms with Gasteiger partial charge in [-0.2, -0.15) is 15.1 Å². The molecule has 2 saturated carbocycles. The number of aromatic amines is 1. The van der Waals surface area contributed by atoms with Crippen LogP contribution < -0.4 is 14.4 Å². The third-order valence-corrected chi connectivity index (χ3v) is 13.2. The number of hydrogen-bond donors (Lipinski definition) is 2. The molecule has 0 amide bonds. The topological polar surface area (TPSA) is 131 Å². The lowest BCUT2D eigenvalue weighted by Gasteiger charge is -2.58. The Morgan fingerprint density at radius 2 is 1.90 bits per heavy atom. The summed E-state index contributed by atoms with van der Waals surface area (Å²) in [4.78, 5) is 19.1. The minimum Gasteiger partial charge on any atom is -0.480 e. The van der Waals surface area contributed by atoms with E-state index in [2.05, 4.69) is 15.1 Å². The maximum atomic E-state index is 17.2. The van der Waals surface area contributed by atoms with E-state index in [1.54, 1.807) is 12.3 Å². The van der Waals surface area contributed by atoms with Crippen molar-refractivity contribution in [3.63, 3.8) is 0 Å². The lowest BCUT2D eigenvalue weighted by atomic mass is 9.60. The van der Waals surface area contributed by atoms with Gasteiger partial charge in [-0.05, 0) is 81.9 Å². The van der Waals surface area contributed by atoms with Crippen LogP contribution in [-0.2, 0) is 9.47 Å². The molecular weight excluding hydrogens is 689 g/mol. The van der Waals surface area contributed by atoms with E-state index < -0.39 is 11.9 Å². The van der Waals surface area contributed by atoms with Gasteiger partial charge in [0, 0.05) is 59.8 Å². The molecule has 0 radical (unpaired) electrons. The van der Waals surface area contributed by atoms with Crippen LogP contribution in [-0.4, -0.2) is 113 Å². The third-order valence-electron chi connectivity index (χ3n) is 12.8. The molecule has 52 heavy (non-hydrogen) atoms. The van der Waals surface area contributed by atoms with Gasteiger partial charge in [0.15, 0.2) is 5.82 Å². The van der Waals surface area contributed by atoms with Gasteiger partial charge in [-0.15, -0.1) is 0 Å². The number of fused-ring (bicyclic) bond motifs is 3. The summed E-state index contributed by atoms with van der Waals surface area (Å²) >= 11 is 6.64. The minimum absolute atomic E-state index is 0.0216. The van der Waals surface area contributed by atoms with Crippen molar-refractivity contribution in [2.75, 3.05) is 64.7 Å². The number of ether oxygens (including phenoxy) is 4. The fourth-order valence-corrected chi connectivity index (χ4v) is 10.3. The van der Waals surface area contributed by atoms with E-state index in [0.29, 0.717) is 75.5 Å². The van der Waals surface area contributed by atoms with Crippen molar-refractivity contribution in [2.45, 2.75) is 82.9 Å². The fourth-order valence-electron chi connectivity index (χ4n) is 10.1. The fraction of sp³-hybridized carbons (Fsp3) is 0.632. The van der Waals surface area contributed by atoms with E-state index in [1.807, 2.05) is 11.8 Å². The zero-order valence-electron chi connectivity index (χ0n) is 29.9. The Balaban J connectivity index is 1.10. The molecule has 9 rings (SSSR count). The minimum atomic E-state index is -0.762. The molecule has 6 heterocycles. The second-order valence-electron chi connectivity index (χ2n) is 15.8. The number of likely N-dealkylation sites (tertiary alicyclic amines) is 1. The van der Waals surface area contributed by atoms with Gasteiger partial charge < -0.3 is 29.0 Å². The Bertz CT molecular complexity index is 1980. The summed E-state index contributed by atoms with van der Waals surface area (Å²) in [5.41, 5.74) is 2.34. The van der Waals surface area contributed by atoms with E-state index in [9.17, 15) is 5.11 Å². The van der Waals surface area contributed by atoms with Gasteiger partial charge >= 0.3 is 6.01 Å². The second kappa shape index (κ2) is 13.5. The molecule has 3 saturated heterocycles. The Labute approximate surface area is 307 Å². The predicted octanol–water partition coefficient (Wildman–Crippen LogP) is 5.85. The van der Waals surface area contributed by atoms with Gasteiger partial charge in [-0.3, -0.25) is 10.00 Å². The Morgan fingerprint density at radius 3 is 2.73 bits per heavy atom. The molecule has 12 nitrogen and oxygen atoms in total. The van der Waals surface area contributed by atoms with Gasteiger partial charge in [-0.25, -0.2) is 9.37 Å². The normalized spacial score (nSPS) is 26.8. The second-order valence-corrected chi connectivity index (χ2v) is 16.2. The molecule has 2 N–H and O–H groups in total. The number of rotatable bonds is 7. The predicted molar refractivity (Wildman–Crippen MR) is 195 cm³/mol. The molecular formula is C38H47ClFN7O5. The molecule has 1 spiro atoms. The highest BCUT2D eigenvalue weighted by molar-refractivity contribution is 6.33. The van der Waals surface area contributed by atoms with E-state index in [-0.39, 0.29) is 41.7 Å². The molecule has 3 aromatic heterocycles. The lowest BCUT2D eigenvalue weighted by Crippen LogP contribution is -2.61. The molecule has 5 fully saturated rings. The first-order chi connectivity index (χ1) is 25.3. The van der Waals surface area contributed by atoms with Gasteiger partial charge in [0.2, 0.25) is 5.88 Å². The van der Waals surface area contributed by atoms with E-state index >= 15 is 4.39 Å². The number of aromatic nitrogens is 5. The molecule has 278 valence electrons. The van der Waals surface area contributed by atoms with Crippen LogP contribution in [0.2, 0.25) is 5.02 Å². The summed E-state index contributed by atoms with van der Waals surface area (Å²) < 4.78 is 41.1. The smallest absolute Gasteiger partial charge is 0.319 e. The third kappa shape index (κ3) is 5.78. The number of β-amino-alcohol motifs (C(OH)–C–C–N with tert-alkyl or cyclic N) is 1. The number of hydrogen-bond acceptors (Lipinski definition) is 11. The average molecular weight is 736 g/mol. The maximum Gasteiger partial charge on any atom is 0.319 e. The van der Waals surface area contributed by atoms with Crippen LogP contribution in [0.5, 0.6) is 11.9 Å². The number of aliphatic hydroxyl groups excluding tert-OH is 1. The number of halogens is 2. The van der Waals surface area contributed by atoms with Gasteiger partial charge in [-0.1, -0.05) is 18.0 Å². The molecule has 3 unspecified atom stereocenters. The number of methoxy groups -OCH3 is 1. The standard InChI is InChI=1S/C38H47ClFN7O5/c1-22-26(39)15-27-25(18-41-45-27)29(22)32-31(40)33-30(35(42-32)49-2)34(46-11-14-51-20-24(48)19-46)44-36(43-33)52-21-38-6-3-5-28(38)47(10-4-7-38)23-16-37(17-23)8-12-50-13-9-37/h15,18,23-24,28,48H,3-14,16-17,19-21H2,1-2H3,(H,41,45). The average Bonchev–Trinajstić information content (AvgIpc) is 3.73. The van der Waals surface area contributed by atoms with Crippen molar-refractivity contribution in [2.24, 2.45) is 10.8 Å². The zero-order valence-corrected chi connectivity index (χ0v) is 30.7. The monoisotopic (exact) mass is 735 g/mol. The summed E-state index contributed by atoms with van der Waals surface area (Å²) in [6.45, 7) is 6.42. The summed E-state index contributed by atoms with van der Waals surface area (Å²) in [5, 5.41) is 19.3. The molecule has 4 aromatic rings. The summed E-state index contributed by atoms with van der Waals surface area (Å²) in [5.74, 6) is -0.0991. The van der Waals surface area contributed by atoms with Gasteiger partial charge in [0.1, 0.15) is 22.4 Å². The molecule has 3 atom stereocenters. The number of pyridine rings is 1. The Kier molecular flexibility index (Phi) is 8.93. The number of aliphatic hydroxyl groups is 1. The molecule has 1 aromatic carbocycles. The van der Waals surface area contributed by atoms with Crippen LogP contribution in [0, 0.1) is 23.6 Å². The van der Waals surface area contributed by atoms with Crippen molar-refractivity contribution < 1.29 is 28.4 Å². The van der Waals surface area contributed by atoms with Crippen molar-refractivity contribution in [1.29, 1.82) is 0 Å². The van der Waals surface area contributed by atoms with E-state index in [1.165, 1.54) is 32.8 Å². The van der Waals surface area contributed by atoms with Crippen LogP contribution in [0.4, 0.5) is 10.2 Å². The summed E-state index contributed by atoms with van der Waals surface area (Å²) in [6.07, 6.45) is 11.4. The highest BCUT2D eigenvalue weighted by atomic mass is 35.5. The zero-order chi connectivity index (χ0) is 35.6. The number of benzene rings is 1. The van der Waals surface area contributed by atoms with Crippen LogP contribution in [0.3, 0.4) is 0 Å². The van der Waals surface area contributed by atoms with Crippen molar-refractivity contribution in [3.05, 3.63) is 28.7 Å². The number of H-pyrrole nitrogens is 1. The molecule has 3 aliphatic heterocycles. The number of nitrogens with zero attached hydrogens (tertiary/aromatic N) is 6. The van der Waals surface area contributed by atoms with Crippen molar-refractivity contribution in [1.82, 2.24) is 30.0 Å². The number of piperidine rings is 1. The molecule has 5 aliphatic rings. The Hall–Kier alpha value is -3.36. The van der Waals surface area contributed by atoms with Gasteiger partial charge in [0.05, 0.1) is 44.7 Å². The summed E-state index contributed by atoms with van der Waals surface area (Å²) in [7, 11) is 1.50. The quantitative estimate of drug-likeness (QED) is 0.237. The van der Waals surface area contributed by atoms with Crippen LogP contribution in [0.15, 0.2) is 12.3 Å². The lowest BCUT2D eigenvalue weighted by molar-refractivity contribution is -0.112. The largest absolute Gasteiger partial charge is 0.480 e. The number of nitrogens with one attached hydrogen (secondary N) is 1. The summed E-state index contributed by atoms with van der Waals surface area (Å²) in [6, 6.07) is 2.93. The SMILES string of the molecule is COc1nc(-c2c(C)c(Cl)cc3[nH]ncc23)c(F)c2nc(OCC34CCCC3N(C3CC5(CCOCC5)C3)CCC4)nc(N3CCOCC(O)C3)c12. The first-order valence-corrected chi connectivity index (χ1v) is 19.2. The van der Waals surface area contributed by atoms with E-state index in [4.69, 9.17) is 45.5 Å². The van der Waals surface area contributed by atoms with Crippen molar-refractivity contribution >= 4 is 39.2 Å².